The average Bonchev–Trinajstić information content (AvgIpc) is 2.53. The summed E-state index contributed by atoms with van der Waals surface area (Å²) in [6.07, 6.45) is 0.901. The van der Waals surface area contributed by atoms with Gasteiger partial charge in [-0.1, -0.05) is 23.2 Å². The maximum atomic E-state index is 6.32. The van der Waals surface area contributed by atoms with Gasteiger partial charge >= 0.3 is 0 Å². The van der Waals surface area contributed by atoms with Crippen LogP contribution in [0, 0.1) is 5.92 Å². The van der Waals surface area contributed by atoms with Crippen LogP contribution in [0.1, 0.15) is 45.7 Å². The first-order valence-electron chi connectivity index (χ1n) is 6.77. The Hall–Kier alpha value is -0.320. The van der Waals surface area contributed by atoms with Gasteiger partial charge in [-0.25, -0.2) is 0 Å². The van der Waals surface area contributed by atoms with Gasteiger partial charge in [0.2, 0.25) is 0 Å². The Morgan fingerprint density at radius 3 is 2.45 bits per heavy atom. The summed E-state index contributed by atoms with van der Waals surface area (Å²) in [7, 11) is 0. The van der Waals surface area contributed by atoms with E-state index in [1.165, 1.54) is 0 Å². The zero-order valence-corrected chi connectivity index (χ0v) is 13.8. The number of hydrogen-bond donors (Lipinski definition) is 2. The van der Waals surface area contributed by atoms with E-state index in [1.54, 1.807) is 12.1 Å². The first-order chi connectivity index (χ1) is 9.16. The van der Waals surface area contributed by atoms with Gasteiger partial charge in [0.05, 0.1) is 17.2 Å². The molecule has 1 fully saturated rings. The Kier molecular flexibility index (Phi) is 4.39. The number of benzene rings is 1. The van der Waals surface area contributed by atoms with Gasteiger partial charge in [0.15, 0.2) is 0 Å². The van der Waals surface area contributed by atoms with Crippen molar-refractivity contribution >= 4 is 23.2 Å². The average molecular weight is 317 g/mol. The van der Waals surface area contributed by atoms with E-state index in [1.807, 2.05) is 6.07 Å². The number of halogens is 2. The molecule has 1 aromatic carbocycles. The minimum absolute atomic E-state index is 0.0991. The van der Waals surface area contributed by atoms with Crippen LogP contribution < -0.4 is 11.3 Å². The van der Waals surface area contributed by atoms with E-state index in [0.29, 0.717) is 10.0 Å². The maximum Gasteiger partial charge on any atom is 0.0681 e. The molecule has 0 bridgehead atoms. The van der Waals surface area contributed by atoms with E-state index in [2.05, 4.69) is 33.1 Å². The fourth-order valence-electron chi connectivity index (χ4n) is 3.30. The number of nitrogens with one attached hydrogen (secondary N) is 1. The predicted octanol–water partition coefficient (Wildman–Crippen LogP) is 4.09. The van der Waals surface area contributed by atoms with Crippen LogP contribution in [0.5, 0.6) is 0 Å². The zero-order chi connectivity index (χ0) is 15.1. The summed E-state index contributed by atoms with van der Waals surface area (Å²) >= 11 is 12.4. The van der Waals surface area contributed by atoms with Crippen molar-refractivity contribution in [2.45, 2.75) is 51.4 Å². The summed E-state index contributed by atoms with van der Waals surface area (Å²) in [6.45, 7) is 8.38. The molecule has 3 nitrogen and oxygen atoms in total. The monoisotopic (exact) mass is 316 g/mol. The lowest BCUT2D eigenvalue weighted by Crippen LogP contribution is -2.41. The topological polar surface area (TPSA) is 47.3 Å². The van der Waals surface area contributed by atoms with Crippen molar-refractivity contribution in [1.82, 2.24) is 5.43 Å². The fourth-order valence-corrected chi connectivity index (χ4v) is 3.72. The highest BCUT2D eigenvalue weighted by atomic mass is 35.5. The number of hydrogen-bond acceptors (Lipinski definition) is 3. The first kappa shape index (κ1) is 16.1. The largest absolute Gasteiger partial charge is 0.369 e. The summed E-state index contributed by atoms with van der Waals surface area (Å²) in [5, 5.41) is 1.32. The Morgan fingerprint density at radius 2 is 1.95 bits per heavy atom. The van der Waals surface area contributed by atoms with Crippen LogP contribution in [-0.4, -0.2) is 11.2 Å². The van der Waals surface area contributed by atoms with Gasteiger partial charge in [-0.05, 0) is 57.9 Å². The van der Waals surface area contributed by atoms with Crippen molar-refractivity contribution in [2.24, 2.45) is 11.8 Å². The molecule has 2 unspecified atom stereocenters. The minimum Gasteiger partial charge on any atom is -0.369 e. The molecule has 1 aliphatic heterocycles. The van der Waals surface area contributed by atoms with Crippen molar-refractivity contribution in [3.05, 3.63) is 33.8 Å². The molecule has 0 aromatic heterocycles. The Bertz CT molecular complexity index is 503. The number of hydrazine groups is 1. The van der Waals surface area contributed by atoms with Crippen molar-refractivity contribution in [3.8, 4) is 0 Å². The smallest absolute Gasteiger partial charge is 0.0681 e. The second kappa shape index (κ2) is 5.47. The lowest BCUT2D eigenvalue weighted by Gasteiger charge is -2.33. The van der Waals surface area contributed by atoms with Gasteiger partial charge < -0.3 is 4.74 Å². The van der Waals surface area contributed by atoms with Gasteiger partial charge in [0.1, 0.15) is 0 Å². The maximum absolute atomic E-state index is 6.32. The molecule has 0 amide bonds. The molecule has 0 saturated carbocycles. The molecule has 1 saturated heterocycles. The third-order valence-electron chi connectivity index (χ3n) is 4.02. The third-order valence-corrected chi connectivity index (χ3v) is 4.60. The van der Waals surface area contributed by atoms with Gasteiger partial charge in [-0.3, -0.25) is 11.3 Å². The molecular formula is C15H22Cl2N2O. The molecule has 2 rings (SSSR count). The molecule has 5 heteroatoms. The molecule has 3 N–H and O–H groups in total. The third kappa shape index (κ3) is 3.12. The minimum atomic E-state index is -0.286. The number of rotatable bonds is 3. The molecular weight excluding hydrogens is 295 g/mol. The molecule has 0 radical (unpaired) electrons. The molecule has 0 aliphatic carbocycles. The number of ether oxygens (including phenoxy) is 1. The van der Waals surface area contributed by atoms with Gasteiger partial charge in [0.25, 0.3) is 0 Å². The van der Waals surface area contributed by atoms with Crippen LogP contribution in [0.25, 0.3) is 0 Å². The predicted molar refractivity (Wildman–Crippen MR) is 83.9 cm³/mol. The van der Waals surface area contributed by atoms with E-state index in [9.17, 15) is 0 Å². The summed E-state index contributed by atoms with van der Waals surface area (Å²) in [4.78, 5) is 0. The Morgan fingerprint density at radius 1 is 1.30 bits per heavy atom. The summed E-state index contributed by atoms with van der Waals surface area (Å²) in [5.74, 6) is 6.01. The van der Waals surface area contributed by atoms with E-state index in [4.69, 9.17) is 33.8 Å². The standard InChI is InChI=1S/C15H22Cl2N2O/c1-14(2)8-11(15(3,4)20-14)13(19-18)10-7-9(16)5-6-12(10)17/h5-7,11,13,19H,8,18H2,1-4H3. The fraction of sp³-hybridized carbons (Fsp3) is 0.600. The van der Waals surface area contributed by atoms with Crippen molar-refractivity contribution in [1.29, 1.82) is 0 Å². The highest BCUT2D eigenvalue weighted by molar-refractivity contribution is 6.33. The van der Waals surface area contributed by atoms with Crippen LogP contribution in [-0.2, 0) is 4.74 Å². The van der Waals surface area contributed by atoms with Crippen LogP contribution in [0.15, 0.2) is 18.2 Å². The summed E-state index contributed by atoms with van der Waals surface area (Å²) in [6, 6.07) is 5.35. The van der Waals surface area contributed by atoms with Gasteiger partial charge in [-0.15, -0.1) is 0 Å². The van der Waals surface area contributed by atoms with Crippen LogP contribution in [0.2, 0.25) is 10.0 Å². The van der Waals surface area contributed by atoms with E-state index >= 15 is 0 Å². The van der Waals surface area contributed by atoms with Crippen molar-refractivity contribution in [2.75, 3.05) is 0 Å². The highest BCUT2D eigenvalue weighted by Crippen LogP contribution is 2.48. The van der Waals surface area contributed by atoms with Crippen LogP contribution in [0.4, 0.5) is 0 Å². The first-order valence-corrected chi connectivity index (χ1v) is 7.53. The molecule has 20 heavy (non-hydrogen) atoms. The molecule has 112 valence electrons. The SMILES string of the molecule is CC1(C)CC(C(NN)c2cc(Cl)ccc2Cl)C(C)(C)O1. The van der Waals surface area contributed by atoms with Crippen molar-refractivity contribution in [3.63, 3.8) is 0 Å². The molecule has 1 aromatic rings. The Balaban J connectivity index is 2.40. The van der Waals surface area contributed by atoms with Crippen LogP contribution >= 0.6 is 23.2 Å². The summed E-state index contributed by atoms with van der Waals surface area (Å²) in [5.41, 5.74) is 3.36. The number of nitrogens with two attached hydrogens (primary N) is 1. The molecule has 1 aliphatic rings. The zero-order valence-electron chi connectivity index (χ0n) is 12.3. The van der Waals surface area contributed by atoms with Gasteiger partial charge in [0, 0.05) is 16.0 Å². The van der Waals surface area contributed by atoms with Gasteiger partial charge in [-0.2, -0.15) is 0 Å². The molecule has 2 atom stereocenters. The lowest BCUT2D eigenvalue weighted by molar-refractivity contribution is -0.0778. The van der Waals surface area contributed by atoms with Crippen LogP contribution in [0.3, 0.4) is 0 Å². The lowest BCUT2D eigenvalue weighted by atomic mass is 9.79. The van der Waals surface area contributed by atoms with E-state index in [-0.39, 0.29) is 23.2 Å². The summed E-state index contributed by atoms with van der Waals surface area (Å²) < 4.78 is 6.15. The highest BCUT2D eigenvalue weighted by Gasteiger charge is 2.49. The molecule has 0 spiro atoms. The second-order valence-electron chi connectivity index (χ2n) is 6.59. The second-order valence-corrected chi connectivity index (χ2v) is 7.43. The molecule has 1 heterocycles. The van der Waals surface area contributed by atoms with E-state index in [0.717, 1.165) is 12.0 Å². The van der Waals surface area contributed by atoms with E-state index < -0.39 is 0 Å². The Labute approximate surface area is 130 Å². The van der Waals surface area contributed by atoms with Crippen molar-refractivity contribution < 1.29 is 4.74 Å². The quantitative estimate of drug-likeness (QED) is 0.652. The normalized spacial score (nSPS) is 25.6.